The van der Waals surface area contributed by atoms with Crippen LogP contribution in [0.5, 0.6) is 0 Å². The lowest BCUT2D eigenvalue weighted by Crippen LogP contribution is -2.11. The van der Waals surface area contributed by atoms with E-state index in [1.54, 1.807) is 12.3 Å². The molecule has 2 N–H and O–H groups in total. The summed E-state index contributed by atoms with van der Waals surface area (Å²) in [6, 6.07) is 5.45. The number of furan rings is 1. The van der Waals surface area contributed by atoms with E-state index in [1.807, 2.05) is 12.1 Å². The molecule has 0 aliphatic heterocycles. The molecule has 2 aromatic heterocycles. The van der Waals surface area contributed by atoms with Gasteiger partial charge in [0.25, 0.3) is 0 Å². The molecule has 2 heterocycles. The van der Waals surface area contributed by atoms with E-state index in [2.05, 4.69) is 20.6 Å². The highest BCUT2D eigenvalue weighted by atomic mass is 16.3. The predicted octanol–water partition coefficient (Wildman–Crippen LogP) is 1.68. The average Bonchev–Trinajstić information content (AvgIpc) is 2.87. The second kappa shape index (κ2) is 5.81. The molecule has 6 heteroatoms. The SMILES string of the molecule is CC(=O)CNc1cc(NCc2ccco2)ncn1. The standard InChI is InChI=1S/C12H14N4O2/c1-9(17)6-13-11-5-12(16-8-15-11)14-7-10-3-2-4-18-10/h2-5,8H,6-7H2,1H3,(H2,13,14,15,16). The van der Waals surface area contributed by atoms with E-state index in [0.717, 1.165) is 5.76 Å². The molecule has 0 fully saturated rings. The fourth-order valence-corrected chi connectivity index (χ4v) is 1.36. The first kappa shape index (κ1) is 12.1. The Morgan fingerprint density at radius 1 is 1.33 bits per heavy atom. The molecular formula is C12H14N4O2. The molecule has 0 atom stereocenters. The molecular weight excluding hydrogens is 232 g/mol. The second-order valence-corrected chi connectivity index (χ2v) is 3.78. The molecule has 6 nitrogen and oxygen atoms in total. The fourth-order valence-electron chi connectivity index (χ4n) is 1.36. The van der Waals surface area contributed by atoms with Crippen molar-refractivity contribution >= 4 is 17.4 Å². The lowest BCUT2D eigenvalue weighted by molar-refractivity contribution is -0.115. The number of Topliss-reactive ketones (excluding diaryl/α,β-unsaturated/α-hetero) is 1. The van der Waals surface area contributed by atoms with E-state index in [-0.39, 0.29) is 12.3 Å². The Balaban J connectivity index is 1.92. The van der Waals surface area contributed by atoms with E-state index in [4.69, 9.17) is 4.42 Å². The van der Waals surface area contributed by atoms with Crippen LogP contribution in [0.1, 0.15) is 12.7 Å². The average molecular weight is 246 g/mol. The quantitative estimate of drug-likeness (QED) is 0.807. The molecule has 0 saturated carbocycles. The zero-order chi connectivity index (χ0) is 12.8. The Hall–Kier alpha value is -2.37. The number of hydrogen-bond acceptors (Lipinski definition) is 6. The summed E-state index contributed by atoms with van der Waals surface area (Å²) in [4.78, 5) is 18.9. The highest BCUT2D eigenvalue weighted by Crippen LogP contribution is 2.10. The van der Waals surface area contributed by atoms with Crippen LogP contribution in [0.2, 0.25) is 0 Å². The van der Waals surface area contributed by atoms with Gasteiger partial charge < -0.3 is 15.1 Å². The first-order valence-corrected chi connectivity index (χ1v) is 5.55. The van der Waals surface area contributed by atoms with Gasteiger partial charge in [0, 0.05) is 6.07 Å². The van der Waals surface area contributed by atoms with Crippen LogP contribution in [-0.2, 0) is 11.3 Å². The van der Waals surface area contributed by atoms with E-state index >= 15 is 0 Å². The molecule has 2 rings (SSSR count). The summed E-state index contributed by atoms with van der Waals surface area (Å²) in [6.07, 6.45) is 3.06. The molecule has 0 bridgehead atoms. The Morgan fingerprint density at radius 2 is 2.11 bits per heavy atom. The van der Waals surface area contributed by atoms with Crippen molar-refractivity contribution < 1.29 is 9.21 Å². The van der Waals surface area contributed by atoms with Crippen LogP contribution in [-0.4, -0.2) is 22.3 Å². The molecule has 18 heavy (non-hydrogen) atoms. The van der Waals surface area contributed by atoms with Gasteiger partial charge in [-0.15, -0.1) is 0 Å². The maximum atomic E-state index is 10.8. The minimum atomic E-state index is 0.0544. The summed E-state index contributed by atoms with van der Waals surface area (Å²) in [7, 11) is 0. The monoisotopic (exact) mass is 246 g/mol. The highest BCUT2D eigenvalue weighted by Gasteiger charge is 2.00. The minimum absolute atomic E-state index is 0.0544. The molecule has 0 aliphatic carbocycles. The molecule has 0 aromatic carbocycles. The van der Waals surface area contributed by atoms with E-state index in [1.165, 1.54) is 13.3 Å². The molecule has 0 aliphatic rings. The van der Waals surface area contributed by atoms with Gasteiger partial charge in [0.05, 0.1) is 19.4 Å². The lowest BCUT2D eigenvalue weighted by atomic mass is 10.4. The third-order valence-corrected chi connectivity index (χ3v) is 2.21. The number of rotatable bonds is 6. The third kappa shape index (κ3) is 3.58. The number of carbonyl (C=O) groups excluding carboxylic acids is 1. The minimum Gasteiger partial charge on any atom is -0.467 e. The van der Waals surface area contributed by atoms with Crippen molar-refractivity contribution in [1.29, 1.82) is 0 Å². The van der Waals surface area contributed by atoms with Crippen molar-refractivity contribution in [3.8, 4) is 0 Å². The van der Waals surface area contributed by atoms with Crippen LogP contribution < -0.4 is 10.6 Å². The van der Waals surface area contributed by atoms with Crippen LogP contribution in [0.25, 0.3) is 0 Å². The molecule has 94 valence electrons. The predicted molar refractivity (Wildman–Crippen MR) is 67.2 cm³/mol. The summed E-state index contributed by atoms with van der Waals surface area (Å²) < 4.78 is 5.20. The van der Waals surface area contributed by atoms with Crippen molar-refractivity contribution in [3.05, 3.63) is 36.5 Å². The number of nitrogens with one attached hydrogen (secondary N) is 2. The van der Waals surface area contributed by atoms with Crippen molar-refractivity contribution in [2.75, 3.05) is 17.2 Å². The van der Waals surface area contributed by atoms with Crippen molar-refractivity contribution in [1.82, 2.24) is 9.97 Å². The zero-order valence-corrected chi connectivity index (χ0v) is 10.0. The summed E-state index contributed by atoms with van der Waals surface area (Å²) >= 11 is 0. The smallest absolute Gasteiger partial charge is 0.148 e. The Labute approximate surface area is 104 Å². The number of nitrogens with zero attached hydrogens (tertiary/aromatic N) is 2. The van der Waals surface area contributed by atoms with Crippen LogP contribution >= 0.6 is 0 Å². The third-order valence-electron chi connectivity index (χ3n) is 2.21. The largest absolute Gasteiger partial charge is 0.467 e. The van der Waals surface area contributed by atoms with Gasteiger partial charge >= 0.3 is 0 Å². The maximum Gasteiger partial charge on any atom is 0.148 e. The van der Waals surface area contributed by atoms with Gasteiger partial charge in [-0.05, 0) is 19.1 Å². The molecule has 0 amide bonds. The fraction of sp³-hybridized carbons (Fsp3) is 0.250. The van der Waals surface area contributed by atoms with Gasteiger partial charge in [0.2, 0.25) is 0 Å². The van der Waals surface area contributed by atoms with Crippen molar-refractivity contribution in [2.24, 2.45) is 0 Å². The summed E-state index contributed by atoms with van der Waals surface area (Å²) in [6.45, 7) is 2.33. The number of anilines is 2. The number of carbonyl (C=O) groups is 1. The molecule has 0 radical (unpaired) electrons. The topological polar surface area (TPSA) is 80.0 Å². The number of aromatic nitrogens is 2. The maximum absolute atomic E-state index is 10.8. The summed E-state index contributed by atoms with van der Waals surface area (Å²) in [5.41, 5.74) is 0. The lowest BCUT2D eigenvalue weighted by Gasteiger charge is -2.06. The van der Waals surface area contributed by atoms with Crippen molar-refractivity contribution in [2.45, 2.75) is 13.5 Å². The number of ketones is 1. The van der Waals surface area contributed by atoms with Gasteiger partial charge in [0.15, 0.2) is 0 Å². The molecule has 0 saturated heterocycles. The highest BCUT2D eigenvalue weighted by molar-refractivity contribution is 5.80. The normalized spacial score (nSPS) is 10.1. The van der Waals surface area contributed by atoms with E-state index in [0.29, 0.717) is 18.2 Å². The van der Waals surface area contributed by atoms with E-state index < -0.39 is 0 Å². The zero-order valence-electron chi connectivity index (χ0n) is 10.0. The number of hydrogen-bond donors (Lipinski definition) is 2. The van der Waals surface area contributed by atoms with E-state index in [9.17, 15) is 4.79 Å². The van der Waals surface area contributed by atoms with Crippen molar-refractivity contribution in [3.63, 3.8) is 0 Å². The second-order valence-electron chi connectivity index (χ2n) is 3.78. The van der Waals surface area contributed by atoms with Crippen LogP contribution in [0, 0.1) is 0 Å². The van der Waals surface area contributed by atoms with Gasteiger partial charge in [-0.3, -0.25) is 4.79 Å². The van der Waals surface area contributed by atoms with Gasteiger partial charge in [-0.1, -0.05) is 0 Å². The van der Waals surface area contributed by atoms with Gasteiger partial charge in [0.1, 0.15) is 29.5 Å². The summed E-state index contributed by atoms with van der Waals surface area (Å²) in [5, 5.41) is 6.02. The first-order chi connectivity index (χ1) is 8.74. The Morgan fingerprint density at radius 3 is 2.78 bits per heavy atom. The first-order valence-electron chi connectivity index (χ1n) is 5.55. The van der Waals surface area contributed by atoms with Crippen LogP contribution in [0.15, 0.2) is 35.2 Å². The van der Waals surface area contributed by atoms with Gasteiger partial charge in [-0.2, -0.15) is 0 Å². The molecule has 0 spiro atoms. The van der Waals surface area contributed by atoms with Crippen LogP contribution in [0.4, 0.5) is 11.6 Å². The van der Waals surface area contributed by atoms with Gasteiger partial charge in [-0.25, -0.2) is 9.97 Å². The molecule has 0 unspecified atom stereocenters. The Kier molecular flexibility index (Phi) is 3.90. The Bertz CT molecular complexity index is 511. The van der Waals surface area contributed by atoms with Crippen LogP contribution in [0.3, 0.4) is 0 Å². The molecule has 2 aromatic rings. The summed E-state index contributed by atoms with van der Waals surface area (Å²) in [5.74, 6) is 2.17.